The topological polar surface area (TPSA) is 35.5 Å². The third-order valence-corrected chi connectivity index (χ3v) is 6.17. The molecule has 0 atom stereocenters. The molecular weight excluding hydrogens is 200 g/mol. The van der Waals surface area contributed by atoms with Gasteiger partial charge in [-0.2, -0.15) is 0 Å². The van der Waals surface area contributed by atoms with Crippen LogP contribution >= 0.6 is 0 Å². The smallest absolute Gasteiger partial charge is 0.385 e. The van der Waals surface area contributed by atoms with Crippen LogP contribution in [0.15, 0.2) is 12.7 Å². The van der Waals surface area contributed by atoms with Gasteiger partial charge in [0.25, 0.3) is 0 Å². The second kappa shape index (κ2) is 4.21. The molecule has 0 fully saturated rings. The summed E-state index contributed by atoms with van der Waals surface area (Å²) in [4.78, 5) is 10.9. The SMILES string of the molecule is C=CC(=O)O[Si](C)(C)O[Si](C)(C)C. The molecule has 0 unspecified atom stereocenters. The molecule has 0 amide bonds. The maximum Gasteiger partial charge on any atom is 0.385 e. The molecule has 0 aromatic heterocycles. The summed E-state index contributed by atoms with van der Waals surface area (Å²) in [5.74, 6) is -0.394. The zero-order chi connectivity index (χ0) is 10.7. The first-order valence-electron chi connectivity index (χ1n) is 4.22. The first-order valence-corrected chi connectivity index (χ1v) is 10.4. The van der Waals surface area contributed by atoms with Crippen molar-refractivity contribution in [2.45, 2.75) is 32.7 Å². The molecule has 0 N–H and O–H groups in total. The lowest BCUT2D eigenvalue weighted by atomic mass is 10.7. The van der Waals surface area contributed by atoms with E-state index in [1.54, 1.807) is 0 Å². The summed E-state index contributed by atoms with van der Waals surface area (Å²) in [6.45, 7) is 13.3. The Hall–Kier alpha value is -0.396. The first-order chi connectivity index (χ1) is 5.66. The molecule has 0 aromatic rings. The maximum atomic E-state index is 10.9. The lowest BCUT2D eigenvalue weighted by Crippen LogP contribution is -2.45. The number of hydrogen-bond donors (Lipinski definition) is 0. The highest BCUT2D eigenvalue weighted by molar-refractivity contribution is 6.81. The number of hydrogen-bond acceptors (Lipinski definition) is 3. The minimum atomic E-state index is -2.28. The standard InChI is InChI=1S/C8H18O3Si2/c1-7-8(9)10-13(5,6)11-12(2,3)4/h7H,1H2,2-6H3. The number of carbonyl (C=O) groups excluding carboxylic acids is 1. The molecule has 0 saturated heterocycles. The van der Waals surface area contributed by atoms with E-state index in [1.807, 2.05) is 13.1 Å². The van der Waals surface area contributed by atoms with Crippen molar-refractivity contribution >= 4 is 22.8 Å². The Labute approximate surface area is 82.1 Å². The molecule has 0 saturated carbocycles. The normalized spacial score (nSPS) is 12.4. The average molecular weight is 218 g/mol. The summed E-state index contributed by atoms with van der Waals surface area (Å²) in [6.07, 6.45) is 1.17. The zero-order valence-corrected chi connectivity index (χ0v) is 11.0. The van der Waals surface area contributed by atoms with Gasteiger partial charge in [0.15, 0.2) is 8.32 Å². The number of rotatable bonds is 4. The molecule has 76 valence electrons. The van der Waals surface area contributed by atoms with Crippen molar-refractivity contribution in [1.82, 2.24) is 0 Å². The van der Waals surface area contributed by atoms with Crippen LogP contribution in [0.1, 0.15) is 0 Å². The highest BCUT2D eigenvalue weighted by atomic mass is 28.4. The van der Waals surface area contributed by atoms with Gasteiger partial charge in [0.2, 0.25) is 0 Å². The van der Waals surface area contributed by atoms with Gasteiger partial charge in [-0.1, -0.05) is 6.58 Å². The molecule has 0 spiro atoms. The molecule has 0 aliphatic heterocycles. The van der Waals surface area contributed by atoms with E-state index < -0.39 is 22.8 Å². The molecule has 0 bridgehead atoms. The molecule has 5 heteroatoms. The Morgan fingerprint density at radius 2 is 1.69 bits per heavy atom. The van der Waals surface area contributed by atoms with Crippen molar-refractivity contribution < 1.29 is 13.3 Å². The van der Waals surface area contributed by atoms with Crippen molar-refractivity contribution in [3.8, 4) is 0 Å². The van der Waals surface area contributed by atoms with Crippen LogP contribution in [-0.2, 0) is 13.3 Å². The molecule has 0 radical (unpaired) electrons. The van der Waals surface area contributed by atoms with Crippen molar-refractivity contribution in [2.75, 3.05) is 0 Å². The van der Waals surface area contributed by atoms with Crippen LogP contribution in [0.3, 0.4) is 0 Å². The summed E-state index contributed by atoms with van der Waals surface area (Å²) in [5.41, 5.74) is 0. The van der Waals surface area contributed by atoms with Gasteiger partial charge < -0.3 is 8.54 Å². The van der Waals surface area contributed by atoms with Gasteiger partial charge in [0.05, 0.1) is 0 Å². The van der Waals surface area contributed by atoms with Crippen LogP contribution in [0.5, 0.6) is 0 Å². The molecule has 13 heavy (non-hydrogen) atoms. The summed E-state index contributed by atoms with van der Waals surface area (Å²) in [5, 5.41) is 0. The van der Waals surface area contributed by atoms with Crippen LogP contribution in [0.2, 0.25) is 32.7 Å². The highest BCUT2D eigenvalue weighted by Gasteiger charge is 2.34. The van der Waals surface area contributed by atoms with Crippen LogP contribution in [0, 0.1) is 0 Å². The maximum absolute atomic E-state index is 10.9. The summed E-state index contributed by atoms with van der Waals surface area (Å²) >= 11 is 0. The molecule has 0 rings (SSSR count). The largest absolute Gasteiger partial charge is 0.492 e. The fourth-order valence-electron chi connectivity index (χ4n) is 1.04. The fraction of sp³-hybridized carbons (Fsp3) is 0.625. The van der Waals surface area contributed by atoms with Crippen LogP contribution in [0.25, 0.3) is 0 Å². The van der Waals surface area contributed by atoms with E-state index in [-0.39, 0.29) is 0 Å². The summed E-state index contributed by atoms with van der Waals surface area (Å²) < 4.78 is 10.9. The minimum Gasteiger partial charge on any atom is -0.492 e. The van der Waals surface area contributed by atoms with Gasteiger partial charge in [-0.15, -0.1) is 0 Å². The van der Waals surface area contributed by atoms with E-state index in [0.717, 1.165) is 0 Å². The van der Waals surface area contributed by atoms with E-state index in [0.29, 0.717) is 0 Å². The quantitative estimate of drug-likeness (QED) is 0.536. The van der Waals surface area contributed by atoms with Gasteiger partial charge in [-0.3, -0.25) is 0 Å². The number of carbonyl (C=O) groups is 1. The van der Waals surface area contributed by atoms with Gasteiger partial charge in [-0.25, -0.2) is 4.79 Å². The van der Waals surface area contributed by atoms with Crippen molar-refractivity contribution in [3.05, 3.63) is 12.7 Å². The van der Waals surface area contributed by atoms with Gasteiger partial charge >= 0.3 is 14.5 Å². The zero-order valence-electron chi connectivity index (χ0n) is 9.01. The van der Waals surface area contributed by atoms with E-state index in [1.165, 1.54) is 6.08 Å². The van der Waals surface area contributed by atoms with Crippen LogP contribution in [-0.4, -0.2) is 22.8 Å². The Kier molecular flexibility index (Phi) is 4.08. The Bertz CT molecular complexity index is 206. The molecule has 3 nitrogen and oxygen atoms in total. The van der Waals surface area contributed by atoms with E-state index in [4.69, 9.17) is 8.54 Å². The Balaban J connectivity index is 4.24. The van der Waals surface area contributed by atoms with Crippen LogP contribution in [0.4, 0.5) is 0 Å². The predicted molar refractivity (Wildman–Crippen MR) is 58.2 cm³/mol. The Morgan fingerprint density at radius 1 is 1.23 bits per heavy atom. The molecule has 0 aliphatic rings. The predicted octanol–water partition coefficient (Wildman–Crippen LogP) is 2.27. The third kappa shape index (κ3) is 6.74. The molecule has 0 aliphatic carbocycles. The summed E-state index contributed by atoms with van der Waals surface area (Å²) in [6, 6.07) is 0. The van der Waals surface area contributed by atoms with Gasteiger partial charge in [0.1, 0.15) is 0 Å². The summed E-state index contributed by atoms with van der Waals surface area (Å²) in [7, 11) is -3.90. The van der Waals surface area contributed by atoms with E-state index in [9.17, 15) is 4.79 Å². The average Bonchev–Trinajstić information content (AvgIpc) is 1.80. The highest BCUT2D eigenvalue weighted by Crippen LogP contribution is 2.15. The molecular formula is C8H18O3Si2. The van der Waals surface area contributed by atoms with Gasteiger partial charge in [-0.05, 0) is 32.7 Å². The van der Waals surface area contributed by atoms with Gasteiger partial charge in [0, 0.05) is 6.08 Å². The van der Waals surface area contributed by atoms with Crippen molar-refractivity contribution in [2.24, 2.45) is 0 Å². The third-order valence-electron chi connectivity index (χ3n) is 1.07. The first kappa shape index (κ1) is 12.6. The monoisotopic (exact) mass is 218 g/mol. The molecule has 0 heterocycles. The lowest BCUT2D eigenvalue weighted by Gasteiger charge is -2.29. The Morgan fingerprint density at radius 3 is 2.00 bits per heavy atom. The molecule has 0 aromatic carbocycles. The second-order valence-electron chi connectivity index (χ2n) is 4.24. The van der Waals surface area contributed by atoms with E-state index in [2.05, 4.69) is 26.2 Å². The van der Waals surface area contributed by atoms with Crippen LogP contribution < -0.4 is 0 Å². The lowest BCUT2D eigenvalue weighted by molar-refractivity contribution is -0.130. The van der Waals surface area contributed by atoms with E-state index >= 15 is 0 Å². The van der Waals surface area contributed by atoms with Crippen molar-refractivity contribution in [3.63, 3.8) is 0 Å². The van der Waals surface area contributed by atoms with Crippen molar-refractivity contribution in [1.29, 1.82) is 0 Å². The minimum absolute atomic E-state index is 0.394. The fourth-order valence-corrected chi connectivity index (χ4v) is 7.68. The second-order valence-corrected chi connectivity index (χ2v) is 12.3.